The number of aliphatic hydroxyl groups excluding tert-OH is 2. The van der Waals surface area contributed by atoms with Crippen molar-refractivity contribution in [1.29, 1.82) is 0 Å². The molecular weight excluding hydrogens is 308 g/mol. The molecular formula is C18H24N2O4. The average molecular weight is 332 g/mol. The maximum absolute atomic E-state index is 12.4. The minimum Gasteiger partial charge on any atom is -0.396 e. The lowest BCUT2D eigenvalue weighted by molar-refractivity contribution is -0.126. The van der Waals surface area contributed by atoms with Gasteiger partial charge in [0, 0.05) is 37.2 Å². The van der Waals surface area contributed by atoms with Crippen LogP contribution in [0, 0.1) is 18.8 Å². The van der Waals surface area contributed by atoms with E-state index in [9.17, 15) is 19.8 Å². The Morgan fingerprint density at radius 2 is 2.00 bits per heavy atom. The molecule has 6 nitrogen and oxygen atoms in total. The maximum Gasteiger partial charge on any atom is 0.227 e. The third-order valence-corrected chi connectivity index (χ3v) is 5.08. The van der Waals surface area contributed by atoms with Crippen molar-refractivity contribution in [2.75, 3.05) is 18.1 Å². The molecule has 3 N–H and O–H groups in total. The van der Waals surface area contributed by atoms with Crippen LogP contribution in [0.4, 0.5) is 5.69 Å². The topological polar surface area (TPSA) is 89.9 Å². The molecule has 1 saturated heterocycles. The number of carbonyl (C=O) groups is 2. The first-order valence-electron chi connectivity index (χ1n) is 8.44. The van der Waals surface area contributed by atoms with Crippen molar-refractivity contribution in [3.05, 3.63) is 29.8 Å². The first-order chi connectivity index (χ1) is 11.5. The summed E-state index contributed by atoms with van der Waals surface area (Å²) in [6.45, 7) is 2.30. The molecule has 2 amide bonds. The molecule has 0 radical (unpaired) electrons. The van der Waals surface area contributed by atoms with Crippen LogP contribution in [0.2, 0.25) is 0 Å². The molecule has 1 aliphatic carbocycles. The van der Waals surface area contributed by atoms with Gasteiger partial charge in [0.2, 0.25) is 11.8 Å². The van der Waals surface area contributed by atoms with E-state index in [4.69, 9.17) is 0 Å². The number of benzene rings is 1. The summed E-state index contributed by atoms with van der Waals surface area (Å²) in [6, 6.07) is 7.56. The van der Waals surface area contributed by atoms with Gasteiger partial charge < -0.3 is 20.4 Å². The third-order valence-electron chi connectivity index (χ3n) is 5.08. The van der Waals surface area contributed by atoms with Crippen LogP contribution >= 0.6 is 0 Å². The highest BCUT2D eigenvalue weighted by Crippen LogP contribution is 2.28. The standard InChI is InChI=1S/C18H24N2O4/c1-11-2-4-15(5-3-11)20-9-12(7-17(20)23)18(24)19-14-6-13(10-21)16(22)8-14/h2-5,12-14,16,21-22H,6-10H2,1H3,(H,19,24). The number of nitrogens with zero attached hydrogens (tertiary/aromatic N) is 1. The van der Waals surface area contributed by atoms with Crippen LogP contribution in [0.3, 0.4) is 0 Å². The lowest BCUT2D eigenvalue weighted by atomic mass is 10.1. The van der Waals surface area contributed by atoms with Crippen LogP contribution in [0.25, 0.3) is 0 Å². The number of nitrogens with one attached hydrogen (secondary N) is 1. The number of rotatable bonds is 4. The fourth-order valence-electron chi connectivity index (χ4n) is 3.59. The second-order valence-electron chi connectivity index (χ2n) is 6.93. The van der Waals surface area contributed by atoms with Crippen LogP contribution in [0.5, 0.6) is 0 Å². The van der Waals surface area contributed by atoms with Gasteiger partial charge in [0.25, 0.3) is 0 Å². The number of carbonyl (C=O) groups excluding carboxylic acids is 2. The summed E-state index contributed by atoms with van der Waals surface area (Å²) in [5.41, 5.74) is 1.94. The van der Waals surface area contributed by atoms with Gasteiger partial charge in [-0.15, -0.1) is 0 Å². The zero-order valence-electron chi connectivity index (χ0n) is 13.8. The quantitative estimate of drug-likeness (QED) is 0.753. The number of amides is 2. The van der Waals surface area contributed by atoms with E-state index in [1.165, 1.54) is 0 Å². The van der Waals surface area contributed by atoms with Crippen molar-refractivity contribution in [3.63, 3.8) is 0 Å². The first-order valence-corrected chi connectivity index (χ1v) is 8.44. The Morgan fingerprint density at radius 1 is 1.29 bits per heavy atom. The van der Waals surface area contributed by atoms with Crippen molar-refractivity contribution in [3.8, 4) is 0 Å². The average Bonchev–Trinajstić information content (AvgIpc) is 3.11. The Kier molecular flexibility index (Phi) is 4.87. The lowest BCUT2D eigenvalue weighted by Gasteiger charge is -2.18. The summed E-state index contributed by atoms with van der Waals surface area (Å²) in [5.74, 6) is -0.735. The molecule has 1 aromatic rings. The Morgan fingerprint density at radius 3 is 2.62 bits per heavy atom. The second-order valence-corrected chi connectivity index (χ2v) is 6.93. The molecule has 130 valence electrons. The second kappa shape index (κ2) is 6.91. The van der Waals surface area contributed by atoms with Gasteiger partial charge in [0.05, 0.1) is 12.0 Å². The Hall–Kier alpha value is -1.92. The monoisotopic (exact) mass is 332 g/mol. The van der Waals surface area contributed by atoms with Crippen molar-refractivity contribution in [2.45, 2.75) is 38.3 Å². The molecule has 4 atom stereocenters. The van der Waals surface area contributed by atoms with Crippen molar-refractivity contribution in [1.82, 2.24) is 5.32 Å². The Balaban J connectivity index is 1.59. The Labute approximate surface area is 141 Å². The molecule has 1 aliphatic heterocycles. The van der Waals surface area contributed by atoms with E-state index in [0.717, 1.165) is 11.3 Å². The maximum atomic E-state index is 12.4. The van der Waals surface area contributed by atoms with Crippen LogP contribution in [-0.2, 0) is 9.59 Å². The van der Waals surface area contributed by atoms with Gasteiger partial charge in [-0.25, -0.2) is 0 Å². The van der Waals surface area contributed by atoms with Crippen molar-refractivity contribution >= 4 is 17.5 Å². The van der Waals surface area contributed by atoms with E-state index in [2.05, 4.69) is 5.32 Å². The highest BCUT2D eigenvalue weighted by molar-refractivity contribution is 6.00. The molecule has 0 bridgehead atoms. The molecule has 2 aliphatic rings. The van der Waals surface area contributed by atoms with E-state index < -0.39 is 6.10 Å². The lowest BCUT2D eigenvalue weighted by Crippen LogP contribution is -2.39. The number of anilines is 1. The molecule has 24 heavy (non-hydrogen) atoms. The molecule has 2 fully saturated rings. The van der Waals surface area contributed by atoms with Gasteiger partial charge in [-0.1, -0.05) is 17.7 Å². The number of aliphatic hydroxyl groups is 2. The van der Waals surface area contributed by atoms with Crippen molar-refractivity contribution < 1.29 is 19.8 Å². The fourth-order valence-corrected chi connectivity index (χ4v) is 3.59. The molecule has 0 spiro atoms. The summed E-state index contributed by atoms with van der Waals surface area (Å²) in [4.78, 5) is 26.3. The van der Waals surface area contributed by atoms with Crippen LogP contribution < -0.4 is 10.2 Å². The smallest absolute Gasteiger partial charge is 0.227 e. The zero-order chi connectivity index (χ0) is 17.3. The number of hydrogen-bond donors (Lipinski definition) is 3. The van der Waals surface area contributed by atoms with Gasteiger partial charge >= 0.3 is 0 Å². The summed E-state index contributed by atoms with van der Waals surface area (Å²) in [6.07, 6.45) is 0.665. The predicted octanol–water partition coefficient (Wildman–Crippen LogP) is 0.596. The minimum atomic E-state index is -0.574. The van der Waals surface area contributed by atoms with Crippen LogP contribution in [0.1, 0.15) is 24.8 Å². The van der Waals surface area contributed by atoms with Crippen molar-refractivity contribution in [2.24, 2.45) is 11.8 Å². The molecule has 0 aromatic heterocycles. The van der Waals surface area contributed by atoms with E-state index in [1.54, 1.807) is 4.90 Å². The number of aryl methyl sites for hydroxylation is 1. The first kappa shape index (κ1) is 16.9. The zero-order valence-corrected chi connectivity index (χ0v) is 13.8. The van der Waals surface area contributed by atoms with Crippen LogP contribution in [0.15, 0.2) is 24.3 Å². The highest BCUT2D eigenvalue weighted by atomic mass is 16.3. The molecule has 1 saturated carbocycles. The van der Waals surface area contributed by atoms with E-state index in [-0.39, 0.29) is 42.7 Å². The van der Waals surface area contributed by atoms with Crippen LogP contribution in [-0.4, -0.2) is 47.3 Å². The molecule has 1 aromatic carbocycles. The summed E-state index contributed by atoms with van der Waals surface area (Å²) < 4.78 is 0. The molecule has 1 heterocycles. The predicted molar refractivity (Wildman–Crippen MR) is 89.4 cm³/mol. The summed E-state index contributed by atoms with van der Waals surface area (Å²) in [7, 11) is 0. The Bertz CT molecular complexity index is 616. The van der Waals surface area contributed by atoms with Gasteiger partial charge in [-0.2, -0.15) is 0 Å². The SMILES string of the molecule is Cc1ccc(N2CC(C(=O)NC3CC(O)C(CO)C3)CC2=O)cc1. The normalized spacial score (nSPS) is 30.0. The van der Waals surface area contributed by atoms with Gasteiger partial charge in [-0.05, 0) is 31.9 Å². The minimum absolute atomic E-state index is 0.0429. The summed E-state index contributed by atoms with van der Waals surface area (Å²) in [5, 5.41) is 21.9. The van der Waals surface area contributed by atoms with E-state index in [1.807, 2.05) is 31.2 Å². The molecule has 6 heteroatoms. The molecule has 3 rings (SSSR count). The molecule has 4 unspecified atom stereocenters. The summed E-state index contributed by atoms with van der Waals surface area (Å²) >= 11 is 0. The van der Waals surface area contributed by atoms with E-state index in [0.29, 0.717) is 19.4 Å². The van der Waals surface area contributed by atoms with Gasteiger partial charge in [0.15, 0.2) is 0 Å². The van der Waals surface area contributed by atoms with E-state index >= 15 is 0 Å². The fraction of sp³-hybridized carbons (Fsp3) is 0.556. The largest absolute Gasteiger partial charge is 0.396 e. The highest BCUT2D eigenvalue weighted by Gasteiger charge is 2.38. The van der Waals surface area contributed by atoms with Gasteiger partial charge in [0.1, 0.15) is 0 Å². The van der Waals surface area contributed by atoms with Gasteiger partial charge in [-0.3, -0.25) is 9.59 Å². The number of hydrogen-bond acceptors (Lipinski definition) is 4. The third kappa shape index (κ3) is 3.44.